The van der Waals surface area contributed by atoms with E-state index in [1.165, 1.54) is 20.3 Å². The Hall–Kier alpha value is -2.38. The van der Waals surface area contributed by atoms with Gasteiger partial charge in [0, 0.05) is 15.7 Å². The minimum atomic E-state index is -1.93. The van der Waals surface area contributed by atoms with Gasteiger partial charge in [-0.15, -0.1) is 0 Å². The first-order valence-electron chi connectivity index (χ1n) is 7.48. The Labute approximate surface area is 152 Å². The fourth-order valence-electron chi connectivity index (χ4n) is 2.86. The summed E-state index contributed by atoms with van der Waals surface area (Å²) in [5, 5.41) is 13.5. The summed E-state index contributed by atoms with van der Waals surface area (Å²) in [4.78, 5) is 25.1. The van der Waals surface area contributed by atoms with Crippen LogP contribution >= 0.6 is 15.9 Å². The second-order valence-electron chi connectivity index (χ2n) is 5.67. The van der Waals surface area contributed by atoms with Crippen LogP contribution in [0.2, 0.25) is 0 Å². The standard InChI is InChI=1S/C18H16BrNO5/c1-24-11-4-6-16(25-2)12(8-11)15(21)9-18(23)13-5-3-10(19)7-14(13)20-17(18)22/h3-8,23H,9H2,1-2H3,(H,20,22)/t18-/m0/s1. The SMILES string of the molecule is COc1ccc(OC)c(C(=O)C[C@@]2(O)C(=O)Nc3cc(Br)ccc32)c1. The van der Waals surface area contributed by atoms with Crippen molar-refractivity contribution in [3.8, 4) is 11.5 Å². The van der Waals surface area contributed by atoms with Crippen LogP contribution in [0.5, 0.6) is 11.5 Å². The molecule has 2 aromatic carbocycles. The monoisotopic (exact) mass is 405 g/mol. The summed E-state index contributed by atoms with van der Waals surface area (Å²) in [6.07, 6.45) is -0.406. The molecule has 0 bridgehead atoms. The molecule has 0 aliphatic carbocycles. The van der Waals surface area contributed by atoms with E-state index in [2.05, 4.69) is 21.2 Å². The topological polar surface area (TPSA) is 84.9 Å². The van der Waals surface area contributed by atoms with Crippen LogP contribution in [0, 0.1) is 0 Å². The predicted molar refractivity (Wildman–Crippen MR) is 95.2 cm³/mol. The first kappa shape index (κ1) is 17.4. The minimum Gasteiger partial charge on any atom is -0.497 e. The van der Waals surface area contributed by atoms with Gasteiger partial charge in [0.05, 0.1) is 26.2 Å². The molecular formula is C18H16BrNO5. The summed E-state index contributed by atoms with van der Waals surface area (Å²) in [5.74, 6) is -0.222. The van der Waals surface area contributed by atoms with Crippen LogP contribution in [0.4, 0.5) is 5.69 Å². The van der Waals surface area contributed by atoms with E-state index >= 15 is 0 Å². The molecule has 2 N–H and O–H groups in total. The number of amides is 1. The number of ketones is 1. The van der Waals surface area contributed by atoms with Gasteiger partial charge in [-0.3, -0.25) is 9.59 Å². The second-order valence-corrected chi connectivity index (χ2v) is 6.59. The van der Waals surface area contributed by atoms with Crippen LogP contribution in [0.25, 0.3) is 0 Å². The number of rotatable bonds is 5. The maximum absolute atomic E-state index is 12.8. The van der Waals surface area contributed by atoms with Crippen LogP contribution < -0.4 is 14.8 Å². The van der Waals surface area contributed by atoms with Crippen LogP contribution in [-0.4, -0.2) is 31.0 Å². The lowest BCUT2D eigenvalue weighted by Gasteiger charge is -2.20. The number of benzene rings is 2. The molecule has 6 nitrogen and oxygen atoms in total. The number of aliphatic hydroxyl groups is 1. The molecular weight excluding hydrogens is 390 g/mol. The van der Waals surface area contributed by atoms with E-state index in [1.54, 1.807) is 30.3 Å². The highest BCUT2D eigenvalue weighted by atomic mass is 79.9. The van der Waals surface area contributed by atoms with Gasteiger partial charge >= 0.3 is 0 Å². The van der Waals surface area contributed by atoms with Crippen LogP contribution in [-0.2, 0) is 10.4 Å². The fraction of sp³-hybridized carbons (Fsp3) is 0.222. The number of anilines is 1. The lowest BCUT2D eigenvalue weighted by atomic mass is 9.88. The first-order valence-corrected chi connectivity index (χ1v) is 8.27. The highest BCUT2D eigenvalue weighted by Crippen LogP contribution is 2.41. The van der Waals surface area contributed by atoms with Crippen molar-refractivity contribution in [1.29, 1.82) is 0 Å². The highest BCUT2D eigenvalue weighted by Gasteiger charge is 2.47. The first-order chi connectivity index (χ1) is 11.9. The zero-order chi connectivity index (χ0) is 18.2. The van der Waals surface area contributed by atoms with Crippen molar-refractivity contribution in [3.63, 3.8) is 0 Å². The molecule has 0 saturated carbocycles. The average molecular weight is 406 g/mol. The smallest absolute Gasteiger partial charge is 0.261 e. The molecule has 0 fully saturated rings. The number of carbonyl (C=O) groups excluding carboxylic acids is 2. The van der Waals surface area contributed by atoms with E-state index in [9.17, 15) is 14.7 Å². The number of fused-ring (bicyclic) bond motifs is 1. The van der Waals surface area contributed by atoms with Gasteiger partial charge in [-0.05, 0) is 30.3 Å². The third-order valence-electron chi connectivity index (χ3n) is 4.17. The molecule has 1 atom stereocenters. The van der Waals surface area contributed by atoms with Crippen molar-refractivity contribution in [2.45, 2.75) is 12.0 Å². The van der Waals surface area contributed by atoms with Crippen molar-refractivity contribution < 1.29 is 24.2 Å². The van der Waals surface area contributed by atoms with Gasteiger partial charge in [0.2, 0.25) is 0 Å². The summed E-state index contributed by atoms with van der Waals surface area (Å²) in [6, 6.07) is 9.81. The Morgan fingerprint density at radius 3 is 2.64 bits per heavy atom. The quantitative estimate of drug-likeness (QED) is 0.747. The van der Waals surface area contributed by atoms with E-state index in [-0.39, 0.29) is 5.56 Å². The maximum atomic E-state index is 12.8. The zero-order valence-corrected chi connectivity index (χ0v) is 15.2. The van der Waals surface area contributed by atoms with Crippen molar-refractivity contribution in [3.05, 3.63) is 52.0 Å². The van der Waals surface area contributed by atoms with E-state index in [4.69, 9.17) is 9.47 Å². The number of Topliss-reactive ketones (excluding diaryl/α,β-unsaturated/α-hetero) is 1. The van der Waals surface area contributed by atoms with Crippen LogP contribution in [0.1, 0.15) is 22.3 Å². The van der Waals surface area contributed by atoms with Crippen molar-refractivity contribution in [1.82, 2.24) is 0 Å². The number of halogens is 1. The van der Waals surface area contributed by atoms with E-state index in [0.717, 1.165) is 4.47 Å². The van der Waals surface area contributed by atoms with Gasteiger partial charge in [-0.1, -0.05) is 22.0 Å². The predicted octanol–water partition coefficient (Wildman–Crippen LogP) is 2.88. The van der Waals surface area contributed by atoms with Gasteiger partial charge < -0.3 is 19.9 Å². The van der Waals surface area contributed by atoms with Gasteiger partial charge in [0.1, 0.15) is 11.5 Å². The molecule has 2 aromatic rings. The molecule has 7 heteroatoms. The summed E-state index contributed by atoms with van der Waals surface area (Å²) in [6.45, 7) is 0. The third-order valence-corrected chi connectivity index (χ3v) is 4.67. The zero-order valence-electron chi connectivity index (χ0n) is 13.6. The lowest BCUT2D eigenvalue weighted by Crippen LogP contribution is -2.36. The van der Waals surface area contributed by atoms with Crippen molar-refractivity contribution >= 4 is 33.3 Å². The van der Waals surface area contributed by atoms with Crippen molar-refractivity contribution in [2.24, 2.45) is 0 Å². The van der Waals surface area contributed by atoms with Gasteiger partial charge in [0.25, 0.3) is 5.91 Å². The molecule has 1 heterocycles. The Kier molecular flexibility index (Phi) is 4.53. The van der Waals surface area contributed by atoms with E-state index in [0.29, 0.717) is 22.7 Å². The Morgan fingerprint density at radius 2 is 1.96 bits per heavy atom. The molecule has 0 unspecified atom stereocenters. The molecule has 0 aromatic heterocycles. The maximum Gasteiger partial charge on any atom is 0.261 e. The van der Waals surface area contributed by atoms with E-state index < -0.39 is 23.7 Å². The molecule has 130 valence electrons. The second kappa shape index (κ2) is 6.50. The number of hydrogen-bond donors (Lipinski definition) is 2. The van der Waals surface area contributed by atoms with E-state index in [1.807, 2.05) is 0 Å². The fourth-order valence-corrected chi connectivity index (χ4v) is 3.22. The molecule has 0 radical (unpaired) electrons. The molecule has 0 spiro atoms. The molecule has 1 aliphatic heterocycles. The summed E-state index contributed by atoms with van der Waals surface area (Å²) < 4.78 is 11.1. The Bertz CT molecular complexity index is 867. The lowest BCUT2D eigenvalue weighted by molar-refractivity contribution is -0.133. The number of methoxy groups -OCH3 is 2. The van der Waals surface area contributed by atoms with Gasteiger partial charge in [-0.2, -0.15) is 0 Å². The molecule has 0 saturated heterocycles. The summed E-state index contributed by atoms with van der Waals surface area (Å²) in [7, 11) is 2.94. The normalized spacial score (nSPS) is 18.5. The Balaban J connectivity index is 1.97. The van der Waals surface area contributed by atoms with Crippen LogP contribution in [0.3, 0.4) is 0 Å². The molecule has 25 heavy (non-hydrogen) atoms. The summed E-state index contributed by atoms with van der Waals surface area (Å²) >= 11 is 3.31. The van der Waals surface area contributed by atoms with Crippen LogP contribution in [0.15, 0.2) is 40.9 Å². The third kappa shape index (κ3) is 3.01. The Morgan fingerprint density at radius 1 is 1.20 bits per heavy atom. The summed E-state index contributed by atoms with van der Waals surface area (Å²) in [5.41, 5.74) is -0.835. The number of carbonyl (C=O) groups is 2. The largest absolute Gasteiger partial charge is 0.497 e. The number of nitrogens with one attached hydrogen (secondary N) is 1. The number of hydrogen-bond acceptors (Lipinski definition) is 5. The number of ether oxygens (including phenoxy) is 2. The van der Waals surface area contributed by atoms with Gasteiger partial charge in [-0.25, -0.2) is 0 Å². The average Bonchev–Trinajstić information content (AvgIpc) is 2.83. The highest BCUT2D eigenvalue weighted by molar-refractivity contribution is 9.10. The van der Waals surface area contributed by atoms with Gasteiger partial charge in [0.15, 0.2) is 11.4 Å². The minimum absolute atomic E-state index is 0.244. The molecule has 3 rings (SSSR count). The molecule has 1 amide bonds. The molecule has 1 aliphatic rings. The van der Waals surface area contributed by atoms with Crippen molar-refractivity contribution in [2.75, 3.05) is 19.5 Å².